The molecule has 0 radical (unpaired) electrons. The molecule has 2 rings (SSSR count). The summed E-state index contributed by atoms with van der Waals surface area (Å²) < 4.78 is 9.87. The Labute approximate surface area is 123 Å². The minimum absolute atomic E-state index is 0.0151. The van der Waals surface area contributed by atoms with Crippen molar-refractivity contribution in [3.05, 3.63) is 5.82 Å². The van der Waals surface area contributed by atoms with Crippen LogP contribution in [0.15, 0.2) is 0 Å². The fourth-order valence-electron chi connectivity index (χ4n) is 2.15. The second kappa shape index (κ2) is 7.72. The summed E-state index contributed by atoms with van der Waals surface area (Å²) in [5.74, 6) is 0.876. The highest BCUT2D eigenvalue weighted by Crippen LogP contribution is 2.17. The van der Waals surface area contributed by atoms with Crippen LogP contribution in [0.2, 0.25) is 0 Å². The van der Waals surface area contributed by atoms with Crippen LogP contribution in [0, 0.1) is 0 Å². The zero-order chi connectivity index (χ0) is 15.1. The normalized spacial score (nSPS) is 14.9. The van der Waals surface area contributed by atoms with E-state index in [2.05, 4.69) is 25.2 Å². The number of nitrogens with one attached hydrogen (secondary N) is 1. The van der Waals surface area contributed by atoms with Crippen molar-refractivity contribution >= 4 is 11.9 Å². The topological polar surface area (TPSA) is 89.5 Å². The third kappa shape index (κ3) is 4.52. The molecule has 1 amide bonds. The number of rotatable bonds is 6. The van der Waals surface area contributed by atoms with Gasteiger partial charge in [-0.15, -0.1) is 0 Å². The summed E-state index contributed by atoms with van der Waals surface area (Å²) in [6.45, 7) is 2.11. The maximum Gasteiger partial charge on any atom is 0.321 e. The van der Waals surface area contributed by atoms with Gasteiger partial charge in [-0.25, -0.2) is 0 Å². The van der Waals surface area contributed by atoms with Gasteiger partial charge < -0.3 is 19.7 Å². The molecule has 1 aromatic heterocycles. The van der Waals surface area contributed by atoms with Gasteiger partial charge in [-0.3, -0.25) is 4.79 Å². The van der Waals surface area contributed by atoms with Crippen LogP contribution in [0.5, 0.6) is 6.01 Å². The van der Waals surface area contributed by atoms with Gasteiger partial charge in [0.1, 0.15) is 6.61 Å². The van der Waals surface area contributed by atoms with Gasteiger partial charge >= 0.3 is 6.01 Å². The van der Waals surface area contributed by atoms with Crippen LogP contribution in [-0.2, 0) is 16.1 Å². The van der Waals surface area contributed by atoms with Crippen LogP contribution in [0.4, 0.5) is 5.95 Å². The van der Waals surface area contributed by atoms with Gasteiger partial charge in [-0.2, -0.15) is 15.0 Å². The maximum atomic E-state index is 11.4. The number of anilines is 1. The number of piperidine rings is 1. The number of hydrogen-bond donors (Lipinski definition) is 1. The first-order chi connectivity index (χ1) is 10.2. The average molecular weight is 295 g/mol. The summed E-state index contributed by atoms with van der Waals surface area (Å²) in [4.78, 5) is 26.4. The van der Waals surface area contributed by atoms with E-state index in [4.69, 9.17) is 9.47 Å². The quantitative estimate of drug-likeness (QED) is 0.798. The SMILES string of the molecule is COCC(=O)NCc1nc(OC)nc(N2CCCCC2)n1. The molecule has 116 valence electrons. The Kier molecular flexibility index (Phi) is 5.68. The molecule has 1 fully saturated rings. The van der Waals surface area contributed by atoms with Gasteiger partial charge in [0, 0.05) is 20.2 Å². The fourth-order valence-corrected chi connectivity index (χ4v) is 2.15. The summed E-state index contributed by atoms with van der Waals surface area (Å²) in [7, 11) is 2.99. The molecule has 0 saturated carbocycles. The van der Waals surface area contributed by atoms with E-state index in [1.54, 1.807) is 0 Å². The van der Waals surface area contributed by atoms with E-state index in [0.717, 1.165) is 25.9 Å². The molecule has 1 saturated heterocycles. The van der Waals surface area contributed by atoms with Crippen LogP contribution in [0.1, 0.15) is 25.1 Å². The minimum atomic E-state index is -0.212. The van der Waals surface area contributed by atoms with Crippen molar-refractivity contribution in [2.24, 2.45) is 0 Å². The number of ether oxygens (including phenoxy) is 2. The molecule has 2 heterocycles. The lowest BCUT2D eigenvalue weighted by molar-refractivity contribution is -0.124. The van der Waals surface area contributed by atoms with Gasteiger partial charge in [0.05, 0.1) is 13.7 Å². The molecule has 0 unspecified atom stereocenters. The predicted molar refractivity (Wildman–Crippen MR) is 76.2 cm³/mol. The number of methoxy groups -OCH3 is 2. The zero-order valence-electron chi connectivity index (χ0n) is 12.5. The third-order valence-corrected chi connectivity index (χ3v) is 3.19. The van der Waals surface area contributed by atoms with E-state index in [1.807, 2.05) is 0 Å². The summed E-state index contributed by atoms with van der Waals surface area (Å²) >= 11 is 0. The van der Waals surface area contributed by atoms with Crippen LogP contribution in [0.25, 0.3) is 0 Å². The predicted octanol–water partition coefficient (Wildman–Crippen LogP) is 0.133. The van der Waals surface area contributed by atoms with Crippen molar-refractivity contribution in [2.45, 2.75) is 25.8 Å². The first-order valence-electron chi connectivity index (χ1n) is 7.02. The number of carbonyl (C=O) groups is 1. The molecular weight excluding hydrogens is 274 g/mol. The molecule has 0 aliphatic carbocycles. The van der Waals surface area contributed by atoms with Crippen molar-refractivity contribution < 1.29 is 14.3 Å². The van der Waals surface area contributed by atoms with E-state index < -0.39 is 0 Å². The summed E-state index contributed by atoms with van der Waals surface area (Å²) in [5.41, 5.74) is 0. The molecule has 1 aromatic rings. The molecule has 8 nitrogen and oxygen atoms in total. The first-order valence-corrected chi connectivity index (χ1v) is 7.02. The Balaban J connectivity index is 2.07. The van der Waals surface area contributed by atoms with E-state index in [9.17, 15) is 4.79 Å². The lowest BCUT2D eigenvalue weighted by Gasteiger charge is -2.26. The number of hydrogen-bond acceptors (Lipinski definition) is 7. The van der Waals surface area contributed by atoms with Gasteiger partial charge in [0.25, 0.3) is 0 Å². The second-order valence-electron chi connectivity index (χ2n) is 4.80. The van der Waals surface area contributed by atoms with E-state index >= 15 is 0 Å². The van der Waals surface area contributed by atoms with E-state index in [1.165, 1.54) is 20.6 Å². The standard InChI is InChI=1S/C13H21N5O3/c1-20-9-11(19)14-8-10-15-12(17-13(16-10)21-2)18-6-4-3-5-7-18/h3-9H2,1-2H3,(H,14,19). The van der Waals surface area contributed by atoms with Gasteiger partial charge in [-0.1, -0.05) is 0 Å². The smallest absolute Gasteiger partial charge is 0.321 e. The van der Waals surface area contributed by atoms with Crippen LogP contribution >= 0.6 is 0 Å². The van der Waals surface area contributed by atoms with Gasteiger partial charge in [0.15, 0.2) is 5.82 Å². The largest absolute Gasteiger partial charge is 0.467 e. The average Bonchev–Trinajstić information content (AvgIpc) is 2.54. The number of amides is 1. The zero-order valence-corrected chi connectivity index (χ0v) is 12.5. The highest BCUT2D eigenvalue weighted by molar-refractivity contribution is 5.77. The highest BCUT2D eigenvalue weighted by Gasteiger charge is 2.16. The summed E-state index contributed by atoms with van der Waals surface area (Å²) in [6.07, 6.45) is 3.50. The Morgan fingerprint density at radius 1 is 1.19 bits per heavy atom. The lowest BCUT2D eigenvalue weighted by Crippen LogP contribution is -2.32. The summed E-state index contributed by atoms with van der Waals surface area (Å²) in [5, 5.41) is 2.69. The molecular formula is C13H21N5O3. The second-order valence-corrected chi connectivity index (χ2v) is 4.80. The van der Waals surface area contributed by atoms with Crippen LogP contribution < -0.4 is 15.0 Å². The highest BCUT2D eigenvalue weighted by atomic mass is 16.5. The minimum Gasteiger partial charge on any atom is -0.467 e. The van der Waals surface area contributed by atoms with Crippen molar-refractivity contribution in [1.82, 2.24) is 20.3 Å². The summed E-state index contributed by atoms with van der Waals surface area (Å²) in [6, 6.07) is 0.265. The monoisotopic (exact) mass is 295 g/mol. The molecule has 0 atom stereocenters. The molecule has 21 heavy (non-hydrogen) atoms. The fraction of sp³-hybridized carbons (Fsp3) is 0.692. The van der Waals surface area contributed by atoms with Crippen molar-refractivity contribution in [2.75, 3.05) is 38.8 Å². The molecule has 0 spiro atoms. The van der Waals surface area contributed by atoms with Crippen molar-refractivity contribution in [3.63, 3.8) is 0 Å². The number of nitrogens with zero attached hydrogens (tertiary/aromatic N) is 4. The van der Waals surface area contributed by atoms with E-state index in [0.29, 0.717) is 11.8 Å². The van der Waals surface area contributed by atoms with Gasteiger partial charge in [0.2, 0.25) is 11.9 Å². The maximum absolute atomic E-state index is 11.4. The Bertz CT molecular complexity index is 477. The van der Waals surface area contributed by atoms with Crippen molar-refractivity contribution in [1.29, 1.82) is 0 Å². The number of carbonyl (C=O) groups excluding carboxylic acids is 1. The molecule has 1 aliphatic heterocycles. The Morgan fingerprint density at radius 2 is 1.95 bits per heavy atom. The molecule has 0 aromatic carbocycles. The molecule has 0 bridgehead atoms. The van der Waals surface area contributed by atoms with Crippen LogP contribution in [-0.4, -0.2) is 54.8 Å². The van der Waals surface area contributed by atoms with Crippen molar-refractivity contribution in [3.8, 4) is 6.01 Å². The molecule has 8 heteroatoms. The first kappa shape index (κ1) is 15.4. The number of aromatic nitrogens is 3. The van der Waals surface area contributed by atoms with Crippen LogP contribution in [0.3, 0.4) is 0 Å². The molecule has 1 N–H and O–H groups in total. The van der Waals surface area contributed by atoms with Gasteiger partial charge in [-0.05, 0) is 19.3 Å². The van der Waals surface area contributed by atoms with E-state index in [-0.39, 0.29) is 25.1 Å². The molecule has 1 aliphatic rings. The lowest BCUT2D eigenvalue weighted by atomic mass is 10.1. The Morgan fingerprint density at radius 3 is 2.62 bits per heavy atom. The Hall–Kier alpha value is -1.96. The third-order valence-electron chi connectivity index (χ3n) is 3.19.